The highest BCUT2D eigenvalue weighted by Crippen LogP contribution is 2.39. The molecule has 3 aromatic rings. The Hall–Kier alpha value is -3.84. The number of piperidine rings is 1. The second-order valence-electron chi connectivity index (χ2n) is 9.35. The van der Waals surface area contributed by atoms with Gasteiger partial charge in [-0.2, -0.15) is 0 Å². The van der Waals surface area contributed by atoms with Crippen LogP contribution in [-0.2, 0) is 16.9 Å². The normalized spacial score (nSPS) is 18.2. The van der Waals surface area contributed by atoms with Gasteiger partial charge in [0.1, 0.15) is 11.5 Å². The Labute approximate surface area is 212 Å². The fraction of sp³-hybridized carbons (Fsp3) is 0.310. The molecular weight excluding hydrogens is 452 g/mol. The molecule has 0 spiro atoms. The molecule has 5 rings (SSSR count). The van der Waals surface area contributed by atoms with E-state index in [-0.39, 0.29) is 17.9 Å². The van der Waals surface area contributed by atoms with Gasteiger partial charge in [-0.15, -0.1) is 0 Å². The van der Waals surface area contributed by atoms with Crippen LogP contribution in [0, 0.1) is 5.41 Å². The molecule has 2 aliphatic heterocycles. The molecule has 2 fully saturated rings. The zero-order valence-electron chi connectivity index (χ0n) is 20.7. The SMILES string of the molecule is COc1ccc(C2(c3ccc(OC)cc3)NC(=N)N(C3CCN(Cc4ccccc4)CC3)C2=O)cc1. The number of benzene rings is 3. The van der Waals surface area contributed by atoms with Gasteiger partial charge in [-0.3, -0.25) is 20.0 Å². The predicted molar refractivity (Wildman–Crippen MR) is 139 cm³/mol. The van der Waals surface area contributed by atoms with Crippen molar-refractivity contribution in [1.29, 1.82) is 5.41 Å². The number of ether oxygens (including phenoxy) is 2. The number of carbonyl (C=O) groups is 1. The van der Waals surface area contributed by atoms with Gasteiger partial charge in [0.2, 0.25) is 0 Å². The highest BCUT2D eigenvalue weighted by molar-refractivity contribution is 6.10. The molecule has 3 aromatic carbocycles. The van der Waals surface area contributed by atoms with Crippen molar-refractivity contribution in [3.8, 4) is 11.5 Å². The van der Waals surface area contributed by atoms with Crippen molar-refractivity contribution >= 4 is 11.9 Å². The van der Waals surface area contributed by atoms with Gasteiger partial charge in [-0.05, 0) is 53.8 Å². The summed E-state index contributed by atoms with van der Waals surface area (Å²) in [6.07, 6.45) is 1.65. The molecule has 0 unspecified atom stereocenters. The molecule has 7 heteroatoms. The number of rotatable bonds is 7. The van der Waals surface area contributed by atoms with Gasteiger partial charge in [0, 0.05) is 25.7 Å². The van der Waals surface area contributed by atoms with Crippen LogP contribution in [0.4, 0.5) is 0 Å². The zero-order chi connectivity index (χ0) is 25.1. The Morgan fingerprint density at radius 3 is 1.89 bits per heavy atom. The summed E-state index contributed by atoms with van der Waals surface area (Å²) < 4.78 is 10.7. The van der Waals surface area contributed by atoms with Crippen molar-refractivity contribution < 1.29 is 14.3 Å². The summed E-state index contributed by atoms with van der Waals surface area (Å²) in [6, 6.07) is 25.4. The first kappa shape index (κ1) is 23.9. The average molecular weight is 485 g/mol. The van der Waals surface area contributed by atoms with Crippen LogP contribution in [0.1, 0.15) is 29.5 Å². The standard InChI is InChI=1S/C29H32N4O3/c1-35-25-12-8-22(9-13-25)29(23-10-14-26(36-2)15-11-23)27(34)33(28(30)31-29)24-16-18-32(19-17-24)20-21-6-4-3-5-7-21/h3-15,24H,16-20H2,1-2H3,(H2,30,31). The van der Waals surface area contributed by atoms with Crippen molar-refractivity contribution in [2.45, 2.75) is 31.0 Å². The molecule has 0 bridgehead atoms. The van der Waals surface area contributed by atoms with E-state index in [1.807, 2.05) is 54.6 Å². The van der Waals surface area contributed by atoms with Crippen LogP contribution in [0.5, 0.6) is 11.5 Å². The van der Waals surface area contributed by atoms with Gasteiger partial charge in [0.15, 0.2) is 11.5 Å². The number of methoxy groups -OCH3 is 2. The summed E-state index contributed by atoms with van der Waals surface area (Å²) in [5.41, 5.74) is 1.65. The van der Waals surface area contributed by atoms with Gasteiger partial charge in [0.25, 0.3) is 5.91 Å². The fourth-order valence-electron chi connectivity index (χ4n) is 5.34. The van der Waals surface area contributed by atoms with E-state index in [1.165, 1.54) is 5.56 Å². The molecule has 2 saturated heterocycles. The van der Waals surface area contributed by atoms with Crippen molar-refractivity contribution in [2.75, 3.05) is 27.3 Å². The zero-order valence-corrected chi connectivity index (χ0v) is 20.7. The number of likely N-dealkylation sites (tertiary alicyclic amines) is 1. The average Bonchev–Trinajstić information content (AvgIpc) is 3.20. The lowest BCUT2D eigenvalue weighted by atomic mass is 9.82. The lowest BCUT2D eigenvalue weighted by Gasteiger charge is -2.36. The maximum Gasteiger partial charge on any atom is 0.264 e. The smallest absolute Gasteiger partial charge is 0.264 e. The van der Waals surface area contributed by atoms with Crippen LogP contribution >= 0.6 is 0 Å². The molecule has 2 N–H and O–H groups in total. The van der Waals surface area contributed by atoms with E-state index in [0.717, 1.165) is 43.6 Å². The Bertz CT molecular complexity index is 1160. The monoisotopic (exact) mass is 484 g/mol. The number of amides is 1. The minimum atomic E-state index is -1.18. The van der Waals surface area contributed by atoms with Crippen LogP contribution in [0.3, 0.4) is 0 Å². The highest BCUT2D eigenvalue weighted by Gasteiger charge is 2.54. The largest absolute Gasteiger partial charge is 0.497 e. The minimum absolute atomic E-state index is 0.0251. The molecule has 0 atom stereocenters. The fourth-order valence-corrected chi connectivity index (χ4v) is 5.34. The predicted octanol–water partition coefficient (Wildman–Crippen LogP) is 3.98. The molecule has 186 valence electrons. The summed E-state index contributed by atoms with van der Waals surface area (Å²) in [7, 11) is 3.24. The number of nitrogens with zero attached hydrogens (tertiary/aromatic N) is 2. The molecule has 1 amide bonds. The maximum atomic E-state index is 14.3. The van der Waals surface area contributed by atoms with Crippen molar-refractivity contribution in [2.24, 2.45) is 0 Å². The van der Waals surface area contributed by atoms with Crippen molar-refractivity contribution in [3.05, 3.63) is 95.6 Å². The number of guanidine groups is 1. The molecule has 36 heavy (non-hydrogen) atoms. The number of nitrogens with one attached hydrogen (secondary N) is 2. The van der Waals surface area contributed by atoms with Gasteiger partial charge in [-0.1, -0.05) is 54.6 Å². The molecule has 0 saturated carbocycles. The van der Waals surface area contributed by atoms with Crippen LogP contribution < -0.4 is 14.8 Å². The Balaban J connectivity index is 1.41. The number of carbonyl (C=O) groups excluding carboxylic acids is 1. The quantitative estimate of drug-likeness (QED) is 0.531. The highest BCUT2D eigenvalue weighted by atomic mass is 16.5. The van der Waals surface area contributed by atoms with Crippen LogP contribution in [-0.4, -0.2) is 55.0 Å². The van der Waals surface area contributed by atoms with Gasteiger partial charge < -0.3 is 14.8 Å². The first-order chi connectivity index (χ1) is 17.5. The molecule has 2 aliphatic rings. The Kier molecular flexibility index (Phi) is 6.65. The topological polar surface area (TPSA) is 77.9 Å². The third-order valence-corrected chi connectivity index (χ3v) is 7.30. The summed E-state index contributed by atoms with van der Waals surface area (Å²) >= 11 is 0. The van der Waals surface area contributed by atoms with E-state index in [0.29, 0.717) is 11.5 Å². The van der Waals surface area contributed by atoms with E-state index in [1.54, 1.807) is 19.1 Å². The Morgan fingerprint density at radius 2 is 1.39 bits per heavy atom. The first-order valence-electron chi connectivity index (χ1n) is 12.3. The molecule has 0 radical (unpaired) electrons. The van der Waals surface area contributed by atoms with Crippen molar-refractivity contribution in [3.63, 3.8) is 0 Å². The van der Waals surface area contributed by atoms with E-state index in [2.05, 4.69) is 34.5 Å². The minimum Gasteiger partial charge on any atom is -0.497 e. The summed E-state index contributed by atoms with van der Waals surface area (Å²) in [6.45, 7) is 2.67. The van der Waals surface area contributed by atoms with Crippen LogP contribution in [0.15, 0.2) is 78.9 Å². The summed E-state index contributed by atoms with van der Waals surface area (Å²) in [4.78, 5) is 18.4. The Morgan fingerprint density at radius 1 is 0.861 bits per heavy atom. The summed E-state index contributed by atoms with van der Waals surface area (Å²) in [5.74, 6) is 1.45. The molecule has 0 aromatic heterocycles. The number of hydrogen-bond donors (Lipinski definition) is 2. The van der Waals surface area contributed by atoms with Crippen molar-refractivity contribution in [1.82, 2.24) is 15.1 Å². The lowest BCUT2D eigenvalue weighted by Crippen LogP contribution is -2.49. The van der Waals surface area contributed by atoms with Gasteiger partial charge >= 0.3 is 0 Å². The molecule has 7 nitrogen and oxygen atoms in total. The van der Waals surface area contributed by atoms with Crippen LogP contribution in [0.2, 0.25) is 0 Å². The first-order valence-corrected chi connectivity index (χ1v) is 12.3. The summed E-state index contributed by atoms with van der Waals surface area (Å²) in [5, 5.41) is 12.1. The number of hydrogen-bond acceptors (Lipinski definition) is 5. The van der Waals surface area contributed by atoms with E-state index < -0.39 is 5.54 Å². The third kappa shape index (κ3) is 4.31. The molecule has 0 aliphatic carbocycles. The maximum absolute atomic E-state index is 14.3. The van der Waals surface area contributed by atoms with Crippen LogP contribution in [0.25, 0.3) is 0 Å². The second kappa shape index (κ2) is 10.0. The van der Waals surface area contributed by atoms with E-state index in [4.69, 9.17) is 14.9 Å². The van der Waals surface area contributed by atoms with Gasteiger partial charge in [0.05, 0.1) is 14.2 Å². The van der Waals surface area contributed by atoms with Gasteiger partial charge in [-0.25, -0.2) is 0 Å². The molecule has 2 heterocycles. The third-order valence-electron chi connectivity index (χ3n) is 7.30. The lowest BCUT2D eigenvalue weighted by molar-refractivity contribution is -0.132. The van der Waals surface area contributed by atoms with E-state index >= 15 is 0 Å². The molecular formula is C29H32N4O3. The second-order valence-corrected chi connectivity index (χ2v) is 9.35. The van der Waals surface area contributed by atoms with E-state index in [9.17, 15) is 4.79 Å².